The highest BCUT2D eigenvalue weighted by atomic mass is 16.5. The number of rotatable bonds is 3. The molecule has 152 valence electrons. The summed E-state index contributed by atoms with van der Waals surface area (Å²) in [5, 5.41) is 0. The third-order valence-electron chi connectivity index (χ3n) is 5.92. The Morgan fingerprint density at radius 3 is 2.69 bits per heavy atom. The van der Waals surface area contributed by atoms with E-state index in [1.807, 2.05) is 36.2 Å². The van der Waals surface area contributed by atoms with Crippen molar-refractivity contribution in [1.29, 1.82) is 0 Å². The lowest BCUT2D eigenvalue weighted by atomic mass is 10.00. The standard InChI is InChI=1S/C22H26N4O3/c1-13-18(22(28)29-4)14(2)23-19(13)21(27)26-12-8-7-11-17(26)20-24-15-9-5-6-10-16(15)25(20)3/h5-6,9-10,17,23H,7-8,11-12H2,1-4H3/t17-/m1/s1. The molecule has 7 nitrogen and oxygen atoms in total. The second-order valence-electron chi connectivity index (χ2n) is 7.64. The summed E-state index contributed by atoms with van der Waals surface area (Å²) in [5.41, 5.74) is 4.16. The van der Waals surface area contributed by atoms with Crippen LogP contribution >= 0.6 is 0 Å². The number of para-hydroxylation sites is 2. The van der Waals surface area contributed by atoms with Crippen LogP contribution in [0.15, 0.2) is 24.3 Å². The molecule has 0 aliphatic carbocycles. The van der Waals surface area contributed by atoms with Crippen LogP contribution in [0.3, 0.4) is 0 Å². The van der Waals surface area contributed by atoms with E-state index in [0.717, 1.165) is 36.1 Å². The van der Waals surface area contributed by atoms with Crippen LogP contribution in [-0.2, 0) is 11.8 Å². The largest absolute Gasteiger partial charge is 0.465 e. The van der Waals surface area contributed by atoms with Gasteiger partial charge in [0.2, 0.25) is 0 Å². The maximum atomic E-state index is 13.5. The van der Waals surface area contributed by atoms with E-state index in [0.29, 0.717) is 29.1 Å². The minimum atomic E-state index is -0.430. The predicted molar refractivity (Wildman–Crippen MR) is 110 cm³/mol. The summed E-state index contributed by atoms with van der Waals surface area (Å²) in [6.45, 7) is 4.24. The highest BCUT2D eigenvalue weighted by Crippen LogP contribution is 2.34. The van der Waals surface area contributed by atoms with Crippen LogP contribution in [0.2, 0.25) is 0 Å². The fourth-order valence-electron chi connectivity index (χ4n) is 4.42. The van der Waals surface area contributed by atoms with Gasteiger partial charge in [-0.25, -0.2) is 9.78 Å². The molecule has 0 bridgehead atoms. The number of benzene rings is 1. The molecule has 1 aliphatic heterocycles. The van der Waals surface area contributed by atoms with Gasteiger partial charge < -0.3 is 19.2 Å². The number of aromatic amines is 1. The highest BCUT2D eigenvalue weighted by molar-refractivity contribution is 6.00. The number of aryl methyl sites for hydroxylation is 2. The molecule has 0 unspecified atom stereocenters. The Morgan fingerprint density at radius 1 is 1.21 bits per heavy atom. The Labute approximate surface area is 169 Å². The van der Waals surface area contributed by atoms with Crippen molar-refractivity contribution in [2.45, 2.75) is 39.2 Å². The van der Waals surface area contributed by atoms with Gasteiger partial charge in [0.05, 0.1) is 29.7 Å². The Bertz CT molecular complexity index is 1100. The number of H-pyrrole nitrogens is 1. The van der Waals surface area contributed by atoms with E-state index >= 15 is 0 Å². The number of ether oxygens (including phenoxy) is 1. The first-order chi connectivity index (χ1) is 13.9. The number of carbonyl (C=O) groups is 2. The maximum absolute atomic E-state index is 13.5. The van der Waals surface area contributed by atoms with Gasteiger partial charge in [0, 0.05) is 19.3 Å². The number of likely N-dealkylation sites (tertiary alicyclic amines) is 1. The average molecular weight is 394 g/mol. The van der Waals surface area contributed by atoms with Gasteiger partial charge in [0.1, 0.15) is 11.5 Å². The Balaban J connectivity index is 1.74. The molecular weight excluding hydrogens is 368 g/mol. The number of fused-ring (bicyclic) bond motifs is 1. The monoisotopic (exact) mass is 394 g/mol. The molecule has 3 aromatic rings. The van der Waals surface area contributed by atoms with Crippen molar-refractivity contribution in [2.75, 3.05) is 13.7 Å². The lowest BCUT2D eigenvalue weighted by Crippen LogP contribution is -2.40. The minimum absolute atomic E-state index is 0.0989. The topological polar surface area (TPSA) is 80.2 Å². The van der Waals surface area contributed by atoms with E-state index < -0.39 is 5.97 Å². The van der Waals surface area contributed by atoms with Crippen molar-refractivity contribution in [3.8, 4) is 0 Å². The molecule has 1 saturated heterocycles. The molecule has 0 spiro atoms. The first-order valence-electron chi connectivity index (χ1n) is 9.93. The summed E-state index contributed by atoms with van der Waals surface area (Å²) in [6, 6.07) is 7.91. The number of esters is 1. The molecule has 1 aromatic carbocycles. The van der Waals surface area contributed by atoms with E-state index in [4.69, 9.17) is 9.72 Å². The Hall–Kier alpha value is -3.09. The molecule has 1 amide bonds. The zero-order chi connectivity index (χ0) is 20.7. The molecule has 1 aliphatic rings. The van der Waals surface area contributed by atoms with Gasteiger partial charge in [-0.3, -0.25) is 4.79 Å². The smallest absolute Gasteiger partial charge is 0.339 e. The van der Waals surface area contributed by atoms with Crippen LogP contribution in [0, 0.1) is 13.8 Å². The second-order valence-corrected chi connectivity index (χ2v) is 7.64. The van der Waals surface area contributed by atoms with Crippen LogP contribution in [0.25, 0.3) is 11.0 Å². The van der Waals surface area contributed by atoms with Crippen molar-refractivity contribution in [1.82, 2.24) is 19.4 Å². The quantitative estimate of drug-likeness (QED) is 0.688. The van der Waals surface area contributed by atoms with Gasteiger partial charge in [-0.1, -0.05) is 12.1 Å². The van der Waals surface area contributed by atoms with Gasteiger partial charge in [0.25, 0.3) is 5.91 Å². The number of nitrogens with one attached hydrogen (secondary N) is 1. The number of hydrogen-bond donors (Lipinski definition) is 1. The second kappa shape index (κ2) is 7.39. The molecule has 7 heteroatoms. The van der Waals surface area contributed by atoms with Gasteiger partial charge in [-0.2, -0.15) is 0 Å². The summed E-state index contributed by atoms with van der Waals surface area (Å²) in [7, 11) is 3.35. The fourth-order valence-corrected chi connectivity index (χ4v) is 4.42. The van der Waals surface area contributed by atoms with Gasteiger partial charge in [-0.15, -0.1) is 0 Å². The molecule has 29 heavy (non-hydrogen) atoms. The number of piperidine rings is 1. The third kappa shape index (κ3) is 3.10. The molecule has 0 saturated carbocycles. The molecule has 3 heterocycles. The van der Waals surface area contributed by atoms with E-state index in [9.17, 15) is 9.59 Å². The van der Waals surface area contributed by atoms with Crippen LogP contribution in [0.4, 0.5) is 0 Å². The lowest BCUT2D eigenvalue weighted by molar-refractivity contribution is 0.0590. The number of methoxy groups -OCH3 is 1. The Morgan fingerprint density at radius 2 is 1.97 bits per heavy atom. The highest BCUT2D eigenvalue weighted by Gasteiger charge is 2.34. The lowest BCUT2D eigenvalue weighted by Gasteiger charge is -2.35. The minimum Gasteiger partial charge on any atom is -0.465 e. The summed E-state index contributed by atoms with van der Waals surface area (Å²) in [5.74, 6) is 0.367. The van der Waals surface area contributed by atoms with Crippen molar-refractivity contribution >= 4 is 22.9 Å². The zero-order valence-corrected chi connectivity index (χ0v) is 17.3. The van der Waals surface area contributed by atoms with E-state index in [1.165, 1.54) is 7.11 Å². The number of amides is 1. The van der Waals surface area contributed by atoms with E-state index in [-0.39, 0.29) is 11.9 Å². The fraction of sp³-hybridized carbons (Fsp3) is 0.409. The molecule has 1 N–H and O–H groups in total. The molecule has 1 atom stereocenters. The van der Waals surface area contributed by atoms with Crippen LogP contribution in [0.1, 0.15) is 63.2 Å². The number of aromatic nitrogens is 3. The predicted octanol–water partition coefficient (Wildman–Crippen LogP) is 3.67. The van der Waals surface area contributed by atoms with Gasteiger partial charge >= 0.3 is 5.97 Å². The van der Waals surface area contributed by atoms with Crippen LogP contribution < -0.4 is 0 Å². The number of carbonyl (C=O) groups excluding carboxylic acids is 2. The SMILES string of the molecule is COC(=O)c1c(C)[nH]c(C(=O)N2CCCC[C@@H]2c2nc3ccccc3n2C)c1C. The molecule has 0 radical (unpaired) electrons. The van der Waals surface area contributed by atoms with Crippen molar-refractivity contribution in [3.05, 3.63) is 52.6 Å². The summed E-state index contributed by atoms with van der Waals surface area (Å²) in [4.78, 5) is 35.5. The van der Waals surface area contributed by atoms with E-state index in [2.05, 4.69) is 9.55 Å². The maximum Gasteiger partial charge on any atom is 0.339 e. The number of nitrogens with zero attached hydrogens (tertiary/aromatic N) is 3. The Kier molecular flexibility index (Phi) is 4.90. The molecule has 4 rings (SSSR count). The van der Waals surface area contributed by atoms with Crippen LogP contribution in [0.5, 0.6) is 0 Å². The summed E-state index contributed by atoms with van der Waals surface area (Å²) >= 11 is 0. The van der Waals surface area contributed by atoms with Crippen molar-refractivity contribution in [3.63, 3.8) is 0 Å². The number of imidazole rings is 1. The first kappa shape index (κ1) is 19.2. The average Bonchev–Trinajstić information content (AvgIpc) is 3.23. The van der Waals surface area contributed by atoms with Gasteiger partial charge in [0.15, 0.2) is 0 Å². The van der Waals surface area contributed by atoms with Crippen molar-refractivity contribution < 1.29 is 14.3 Å². The summed E-state index contributed by atoms with van der Waals surface area (Å²) < 4.78 is 6.96. The summed E-state index contributed by atoms with van der Waals surface area (Å²) in [6.07, 6.45) is 2.87. The zero-order valence-electron chi connectivity index (χ0n) is 17.3. The molecular formula is C22H26N4O3. The number of hydrogen-bond acceptors (Lipinski definition) is 4. The van der Waals surface area contributed by atoms with Crippen LogP contribution in [-0.4, -0.2) is 45.0 Å². The molecule has 1 fully saturated rings. The third-order valence-corrected chi connectivity index (χ3v) is 5.92. The van der Waals surface area contributed by atoms with Crippen molar-refractivity contribution in [2.24, 2.45) is 7.05 Å². The van der Waals surface area contributed by atoms with Gasteiger partial charge in [-0.05, 0) is 50.8 Å². The normalized spacial score (nSPS) is 17.0. The molecule has 2 aromatic heterocycles. The van der Waals surface area contributed by atoms with E-state index in [1.54, 1.807) is 13.8 Å². The first-order valence-corrected chi connectivity index (χ1v) is 9.93.